The van der Waals surface area contributed by atoms with Crippen molar-refractivity contribution in [3.05, 3.63) is 35.6 Å². The Balaban J connectivity index is 2.22. The van der Waals surface area contributed by atoms with Crippen LogP contribution in [-0.2, 0) is 4.74 Å². The van der Waals surface area contributed by atoms with Crippen molar-refractivity contribution in [3.8, 4) is 0 Å². The monoisotopic (exact) mass is 233 g/mol. The molecule has 0 aromatic rings. The van der Waals surface area contributed by atoms with Crippen molar-refractivity contribution in [2.75, 3.05) is 26.7 Å². The fraction of sp³-hybridized carbons (Fsp3) is 0.600. The van der Waals surface area contributed by atoms with Gasteiger partial charge in [-0.3, -0.25) is 0 Å². The zero-order valence-electron chi connectivity index (χ0n) is 11.2. The average Bonchev–Trinajstić information content (AvgIpc) is 2.24. The summed E-state index contributed by atoms with van der Waals surface area (Å²) in [5, 5.41) is 0. The highest BCUT2D eigenvalue weighted by Gasteiger charge is 2.16. The molecule has 0 atom stereocenters. The normalized spacial score (nSPS) is 31.5. The Kier molecular flexibility index (Phi) is 3.72. The van der Waals surface area contributed by atoms with Crippen LogP contribution in [0.2, 0.25) is 0 Å². The van der Waals surface area contributed by atoms with Crippen LogP contribution in [0.4, 0.5) is 0 Å². The molecule has 0 saturated heterocycles. The standard InChI is InChI=1S/C15H23NO/c1-15(2)8-4-5-13-7-10-16(3)11-12-17-14(13)6-9-15/h4,6,8-9H,5,7,10-12H2,1-3H3/b8-4?,9-6-,14-13+. The van der Waals surface area contributed by atoms with E-state index in [1.165, 1.54) is 5.57 Å². The highest BCUT2D eigenvalue weighted by molar-refractivity contribution is 5.28. The number of rotatable bonds is 0. The minimum atomic E-state index is 0.140. The third-order valence-electron chi connectivity index (χ3n) is 3.45. The SMILES string of the molecule is CN1CCOC2=C(\CC=CC(C)(C)/C=C\2)CC1. The van der Waals surface area contributed by atoms with Gasteiger partial charge < -0.3 is 9.64 Å². The van der Waals surface area contributed by atoms with Crippen molar-refractivity contribution < 1.29 is 4.74 Å². The first-order valence-electron chi connectivity index (χ1n) is 6.47. The maximum absolute atomic E-state index is 5.90. The fourth-order valence-corrected chi connectivity index (χ4v) is 2.19. The third kappa shape index (κ3) is 3.47. The van der Waals surface area contributed by atoms with Crippen LogP contribution in [0.5, 0.6) is 0 Å². The van der Waals surface area contributed by atoms with Gasteiger partial charge in [0, 0.05) is 18.5 Å². The number of hydrogen-bond acceptors (Lipinski definition) is 2. The van der Waals surface area contributed by atoms with E-state index in [0.717, 1.165) is 38.3 Å². The molecule has 1 aliphatic heterocycles. The van der Waals surface area contributed by atoms with E-state index in [-0.39, 0.29) is 5.41 Å². The van der Waals surface area contributed by atoms with Gasteiger partial charge in [-0.1, -0.05) is 32.1 Å². The number of allylic oxidation sites excluding steroid dienone is 4. The molecule has 0 spiro atoms. The number of hydrogen-bond donors (Lipinski definition) is 0. The van der Waals surface area contributed by atoms with Crippen molar-refractivity contribution in [2.24, 2.45) is 5.41 Å². The van der Waals surface area contributed by atoms with E-state index >= 15 is 0 Å². The highest BCUT2D eigenvalue weighted by Crippen LogP contribution is 2.27. The first-order chi connectivity index (χ1) is 8.07. The molecule has 0 radical (unpaired) electrons. The van der Waals surface area contributed by atoms with Crippen molar-refractivity contribution >= 4 is 0 Å². The zero-order chi connectivity index (χ0) is 12.3. The fourth-order valence-electron chi connectivity index (χ4n) is 2.19. The highest BCUT2D eigenvalue weighted by atomic mass is 16.5. The van der Waals surface area contributed by atoms with Crippen LogP contribution in [0.15, 0.2) is 35.6 Å². The van der Waals surface area contributed by atoms with Gasteiger partial charge in [-0.2, -0.15) is 0 Å². The summed E-state index contributed by atoms with van der Waals surface area (Å²) in [5.41, 5.74) is 1.57. The van der Waals surface area contributed by atoms with E-state index in [1.54, 1.807) is 0 Å². The lowest BCUT2D eigenvalue weighted by atomic mass is 9.89. The van der Waals surface area contributed by atoms with Gasteiger partial charge >= 0.3 is 0 Å². The second kappa shape index (κ2) is 5.09. The molecule has 0 aromatic heterocycles. The Labute approximate surface area is 105 Å². The molecule has 17 heavy (non-hydrogen) atoms. The summed E-state index contributed by atoms with van der Waals surface area (Å²) < 4.78 is 5.90. The van der Waals surface area contributed by atoms with Crippen LogP contribution in [0.3, 0.4) is 0 Å². The average molecular weight is 233 g/mol. The molecular formula is C15H23NO. The van der Waals surface area contributed by atoms with Crippen LogP contribution < -0.4 is 0 Å². The van der Waals surface area contributed by atoms with E-state index < -0.39 is 0 Å². The Morgan fingerprint density at radius 1 is 1.24 bits per heavy atom. The maximum atomic E-state index is 5.90. The minimum Gasteiger partial charge on any atom is -0.492 e. The smallest absolute Gasteiger partial charge is 0.118 e. The van der Waals surface area contributed by atoms with Crippen LogP contribution in [0, 0.1) is 5.41 Å². The molecule has 2 heteroatoms. The molecular weight excluding hydrogens is 210 g/mol. The molecule has 0 aromatic carbocycles. The molecule has 0 fully saturated rings. The van der Waals surface area contributed by atoms with Crippen molar-refractivity contribution in [2.45, 2.75) is 26.7 Å². The molecule has 2 aliphatic rings. The Morgan fingerprint density at radius 2 is 2.06 bits per heavy atom. The number of nitrogens with zero attached hydrogens (tertiary/aromatic N) is 1. The lowest BCUT2D eigenvalue weighted by molar-refractivity contribution is 0.166. The minimum absolute atomic E-state index is 0.140. The molecule has 0 saturated carbocycles. The zero-order valence-corrected chi connectivity index (χ0v) is 11.2. The predicted molar refractivity (Wildman–Crippen MR) is 71.8 cm³/mol. The van der Waals surface area contributed by atoms with E-state index in [4.69, 9.17) is 4.74 Å². The van der Waals surface area contributed by atoms with E-state index in [9.17, 15) is 0 Å². The summed E-state index contributed by atoms with van der Waals surface area (Å²) in [7, 11) is 2.16. The van der Waals surface area contributed by atoms with Gasteiger partial charge in [-0.05, 0) is 31.5 Å². The predicted octanol–water partition coefficient (Wildman–Crippen LogP) is 3.13. The van der Waals surface area contributed by atoms with Crippen LogP contribution in [-0.4, -0.2) is 31.6 Å². The lowest BCUT2D eigenvalue weighted by Gasteiger charge is -2.25. The van der Waals surface area contributed by atoms with Gasteiger partial charge in [0.1, 0.15) is 12.4 Å². The summed E-state index contributed by atoms with van der Waals surface area (Å²) in [4.78, 5) is 2.33. The molecule has 0 unspecified atom stereocenters. The maximum Gasteiger partial charge on any atom is 0.118 e. The van der Waals surface area contributed by atoms with Gasteiger partial charge in [0.15, 0.2) is 0 Å². The Hall–Kier alpha value is -1.02. The molecule has 0 amide bonds. The molecule has 1 aliphatic carbocycles. The number of likely N-dealkylation sites (N-methyl/N-ethyl adjacent to an activating group) is 1. The van der Waals surface area contributed by atoms with Gasteiger partial charge in [0.05, 0.1) is 0 Å². The van der Waals surface area contributed by atoms with Crippen LogP contribution >= 0.6 is 0 Å². The van der Waals surface area contributed by atoms with Crippen molar-refractivity contribution in [1.29, 1.82) is 0 Å². The van der Waals surface area contributed by atoms with E-state index in [2.05, 4.69) is 50.1 Å². The largest absolute Gasteiger partial charge is 0.492 e. The first-order valence-corrected chi connectivity index (χ1v) is 6.47. The summed E-state index contributed by atoms with van der Waals surface area (Å²) in [5.74, 6) is 1.11. The summed E-state index contributed by atoms with van der Waals surface area (Å²) >= 11 is 0. The molecule has 2 nitrogen and oxygen atoms in total. The molecule has 0 N–H and O–H groups in total. The Morgan fingerprint density at radius 3 is 2.88 bits per heavy atom. The molecule has 2 rings (SSSR count). The van der Waals surface area contributed by atoms with Crippen molar-refractivity contribution in [3.63, 3.8) is 0 Å². The summed E-state index contributed by atoms with van der Waals surface area (Å²) in [6.07, 6.45) is 11.1. The van der Waals surface area contributed by atoms with Gasteiger partial charge in [0.2, 0.25) is 0 Å². The van der Waals surface area contributed by atoms with Crippen LogP contribution in [0.1, 0.15) is 26.7 Å². The lowest BCUT2D eigenvalue weighted by Crippen LogP contribution is -2.27. The molecule has 1 heterocycles. The quantitative estimate of drug-likeness (QED) is 0.596. The van der Waals surface area contributed by atoms with E-state index in [0.29, 0.717) is 0 Å². The Bertz CT molecular complexity index is 363. The van der Waals surface area contributed by atoms with Crippen LogP contribution in [0.25, 0.3) is 0 Å². The molecule has 0 bridgehead atoms. The number of ether oxygens (including phenoxy) is 1. The van der Waals surface area contributed by atoms with Gasteiger partial charge in [-0.15, -0.1) is 0 Å². The second-order valence-electron chi connectivity index (χ2n) is 5.63. The van der Waals surface area contributed by atoms with Crippen molar-refractivity contribution in [1.82, 2.24) is 4.90 Å². The van der Waals surface area contributed by atoms with Gasteiger partial charge in [0.25, 0.3) is 0 Å². The third-order valence-corrected chi connectivity index (χ3v) is 3.45. The topological polar surface area (TPSA) is 12.5 Å². The van der Waals surface area contributed by atoms with E-state index in [1.807, 2.05) is 0 Å². The van der Waals surface area contributed by atoms with Gasteiger partial charge in [-0.25, -0.2) is 0 Å². The second-order valence-corrected chi connectivity index (χ2v) is 5.63. The summed E-state index contributed by atoms with van der Waals surface area (Å²) in [6.45, 7) is 7.39. The summed E-state index contributed by atoms with van der Waals surface area (Å²) in [6, 6.07) is 0. The first kappa shape index (κ1) is 12.4. The molecule has 94 valence electrons.